The lowest BCUT2D eigenvalue weighted by Gasteiger charge is -2.19. The molecule has 1 fully saturated rings. The fourth-order valence-electron chi connectivity index (χ4n) is 3.19. The number of amides is 1. The molecule has 4 nitrogen and oxygen atoms in total. The van der Waals surface area contributed by atoms with Crippen LogP contribution in [-0.2, 0) is 10.2 Å². The molecular formula is C19H23ClFN3O. The van der Waals surface area contributed by atoms with E-state index >= 15 is 0 Å². The van der Waals surface area contributed by atoms with E-state index in [1.165, 1.54) is 0 Å². The van der Waals surface area contributed by atoms with Gasteiger partial charge in [-0.25, -0.2) is 4.39 Å². The molecule has 1 amide bonds. The van der Waals surface area contributed by atoms with Crippen molar-refractivity contribution in [2.75, 3.05) is 17.3 Å². The first-order valence-electron chi connectivity index (χ1n) is 8.44. The number of hydrogen-bond donors (Lipinski definition) is 0. The van der Waals surface area contributed by atoms with Gasteiger partial charge >= 0.3 is 0 Å². The van der Waals surface area contributed by atoms with E-state index in [1.54, 1.807) is 35.6 Å². The zero-order chi connectivity index (χ0) is 18.4. The third-order valence-corrected chi connectivity index (χ3v) is 5.53. The molecule has 0 bridgehead atoms. The third-order valence-electron chi connectivity index (χ3n) is 4.87. The second-order valence-electron chi connectivity index (χ2n) is 7.39. The number of nitrogens with zero attached hydrogens (tertiary/aromatic N) is 3. The summed E-state index contributed by atoms with van der Waals surface area (Å²) in [6.07, 6.45) is 2.52. The molecule has 134 valence electrons. The van der Waals surface area contributed by atoms with Crippen LogP contribution in [0.5, 0.6) is 0 Å². The summed E-state index contributed by atoms with van der Waals surface area (Å²) >= 11 is 6.02. The Morgan fingerprint density at radius 1 is 1.32 bits per heavy atom. The van der Waals surface area contributed by atoms with Gasteiger partial charge in [-0.2, -0.15) is 5.10 Å². The van der Waals surface area contributed by atoms with Gasteiger partial charge in [0.2, 0.25) is 0 Å². The van der Waals surface area contributed by atoms with Gasteiger partial charge in [-0.1, -0.05) is 13.8 Å². The van der Waals surface area contributed by atoms with E-state index in [4.69, 9.17) is 11.6 Å². The molecule has 1 atom stereocenters. The first-order chi connectivity index (χ1) is 11.7. The molecule has 0 aliphatic carbocycles. The summed E-state index contributed by atoms with van der Waals surface area (Å²) in [5.41, 5.74) is 2.49. The van der Waals surface area contributed by atoms with Gasteiger partial charge in [-0.3, -0.25) is 9.48 Å². The Morgan fingerprint density at radius 2 is 1.96 bits per heavy atom. The second-order valence-corrected chi connectivity index (χ2v) is 7.65. The molecule has 0 spiro atoms. The summed E-state index contributed by atoms with van der Waals surface area (Å²) in [6.45, 7) is 8.09. The van der Waals surface area contributed by atoms with Crippen molar-refractivity contribution in [3.8, 4) is 0 Å². The molecule has 1 saturated heterocycles. The van der Waals surface area contributed by atoms with Crippen LogP contribution >= 0.6 is 11.6 Å². The molecule has 3 rings (SSSR count). The SMILES string of the molecule is Cc1cc(N2CCC(n3ccc(C(C)(C)CCl)n3)C2=O)cc(C)c1F. The molecule has 1 aliphatic rings. The number of aromatic nitrogens is 2. The molecule has 2 aromatic rings. The van der Waals surface area contributed by atoms with Crippen molar-refractivity contribution < 1.29 is 9.18 Å². The van der Waals surface area contributed by atoms with Crippen molar-refractivity contribution in [1.29, 1.82) is 0 Å². The lowest BCUT2D eigenvalue weighted by atomic mass is 9.92. The highest BCUT2D eigenvalue weighted by Gasteiger charge is 2.35. The molecule has 0 N–H and O–H groups in total. The molecule has 0 saturated carbocycles. The van der Waals surface area contributed by atoms with Crippen molar-refractivity contribution >= 4 is 23.2 Å². The standard InChI is InChI=1S/C19H23ClFN3O/c1-12-9-14(10-13(2)17(12)21)23-7-5-15(18(23)25)24-8-6-16(22-24)19(3,4)11-20/h6,8-10,15H,5,7,11H2,1-4H3. The lowest BCUT2D eigenvalue weighted by Crippen LogP contribution is -2.29. The molecule has 1 aromatic heterocycles. The topological polar surface area (TPSA) is 38.1 Å². The van der Waals surface area contributed by atoms with Gasteiger partial charge < -0.3 is 4.90 Å². The maximum Gasteiger partial charge on any atom is 0.251 e. The maximum atomic E-state index is 13.9. The molecule has 25 heavy (non-hydrogen) atoms. The van der Waals surface area contributed by atoms with Crippen molar-refractivity contribution in [2.24, 2.45) is 0 Å². The fraction of sp³-hybridized carbons (Fsp3) is 0.474. The largest absolute Gasteiger partial charge is 0.310 e. The van der Waals surface area contributed by atoms with Gasteiger partial charge in [0, 0.05) is 29.7 Å². The summed E-state index contributed by atoms with van der Waals surface area (Å²) in [6, 6.07) is 5.05. The van der Waals surface area contributed by atoms with E-state index in [9.17, 15) is 9.18 Å². The van der Waals surface area contributed by atoms with Crippen LogP contribution in [0.2, 0.25) is 0 Å². The summed E-state index contributed by atoms with van der Waals surface area (Å²) in [4.78, 5) is 14.6. The van der Waals surface area contributed by atoms with Crippen LogP contribution in [0.3, 0.4) is 0 Å². The number of carbonyl (C=O) groups excluding carboxylic acids is 1. The Labute approximate surface area is 152 Å². The van der Waals surface area contributed by atoms with E-state index in [2.05, 4.69) is 5.10 Å². The number of carbonyl (C=O) groups is 1. The Bertz CT molecular complexity index is 792. The average Bonchev–Trinajstić information content (AvgIpc) is 3.19. The molecule has 1 aromatic carbocycles. The highest BCUT2D eigenvalue weighted by atomic mass is 35.5. The molecule has 2 heterocycles. The minimum Gasteiger partial charge on any atom is -0.310 e. The van der Waals surface area contributed by atoms with Crippen LogP contribution in [0.1, 0.15) is 43.1 Å². The number of halogens is 2. The van der Waals surface area contributed by atoms with Gasteiger partial charge in [0.05, 0.1) is 5.69 Å². The molecule has 6 heteroatoms. The lowest BCUT2D eigenvalue weighted by molar-refractivity contribution is -0.120. The molecule has 0 radical (unpaired) electrons. The van der Waals surface area contributed by atoms with E-state index in [0.29, 0.717) is 30.0 Å². The van der Waals surface area contributed by atoms with Crippen LogP contribution in [0.4, 0.5) is 10.1 Å². The van der Waals surface area contributed by atoms with Gasteiger partial charge in [-0.15, -0.1) is 11.6 Å². The highest BCUT2D eigenvalue weighted by Crippen LogP contribution is 2.31. The van der Waals surface area contributed by atoms with Gasteiger partial charge in [0.25, 0.3) is 5.91 Å². The van der Waals surface area contributed by atoms with E-state index in [-0.39, 0.29) is 23.2 Å². The summed E-state index contributed by atoms with van der Waals surface area (Å²) in [5, 5.41) is 4.59. The average molecular weight is 364 g/mol. The first-order valence-corrected chi connectivity index (χ1v) is 8.98. The summed E-state index contributed by atoms with van der Waals surface area (Å²) in [5.74, 6) is 0.235. The van der Waals surface area contributed by atoms with Crippen LogP contribution in [0.25, 0.3) is 0 Å². The smallest absolute Gasteiger partial charge is 0.251 e. The van der Waals surface area contributed by atoms with Crippen molar-refractivity contribution in [2.45, 2.75) is 45.6 Å². The third kappa shape index (κ3) is 3.17. The molecule has 1 unspecified atom stereocenters. The highest BCUT2D eigenvalue weighted by molar-refractivity contribution is 6.18. The minimum atomic E-state index is -0.328. The predicted octanol–water partition coefficient (Wildman–Crippen LogP) is 4.13. The van der Waals surface area contributed by atoms with E-state index < -0.39 is 0 Å². The minimum absolute atomic E-state index is 0.0104. The summed E-state index contributed by atoms with van der Waals surface area (Å²) in [7, 11) is 0. The van der Waals surface area contributed by atoms with Gasteiger partial charge in [0.15, 0.2) is 0 Å². The van der Waals surface area contributed by atoms with Crippen LogP contribution < -0.4 is 4.90 Å². The molecule has 1 aliphatic heterocycles. The normalized spacial score (nSPS) is 18.2. The van der Waals surface area contributed by atoms with E-state index in [1.807, 2.05) is 26.1 Å². The predicted molar refractivity (Wildman–Crippen MR) is 97.9 cm³/mol. The Kier molecular flexibility index (Phi) is 4.62. The van der Waals surface area contributed by atoms with Crippen molar-refractivity contribution in [3.05, 3.63) is 47.0 Å². The van der Waals surface area contributed by atoms with Crippen molar-refractivity contribution in [1.82, 2.24) is 9.78 Å². The second kappa shape index (κ2) is 6.45. The number of benzene rings is 1. The maximum absolute atomic E-state index is 13.9. The Hall–Kier alpha value is -1.88. The number of hydrogen-bond acceptors (Lipinski definition) is 2. The summed E-state index contributed by atoms with van der Waals surface area (Å²) < 4.78 is 15.6. The zero-order valence-electron chi connectivity index (χ0n) is 15.0. The number of alkyl halides is 1. The van der Waals surface area contributed by atoms with Crippen molar-refractivity contribution in [3.63, 3.8) is 0 Å². The fourth-order valence-corrected chi connectivity index (χ4v) is 3.32. The van der Waals surface area contributed by atoms with Crippen LogP contribution in [-0.4, -0.2) is 28.1 Å². The number of aryl methyl sites for hydroxylation is 2. The zero-order valence-corrected chi connectivity index (χ0v) is 15.8. The number of anilines is 1. The monoisotopic (exact) mass is 363 g/mol. The van der Waals surface area contributed by atoms with Crippen LogP contribution in [0, 0.1) is 19.7 Å². The van der Waals surface area contributed by atoms with Gasteiger partial charge in [0.1, 0.15) is 11.9 Å². The number of rotatable bonds is 4. The van der Waals surface area contributed by atoms with Gasteiger partial charge in [-0.05, 0) is 49.6 Å². The Morgan fingerprint density at radius 3 is 2.56 bits per heavy atom. The van der Waals surface area contributed by atoms with Crippen LogP contribution in [0.15, 0.2) is 24.4 Å². The Balaban J connectivity index is 1.85. The quantitative estimate of drug-likeness (QED) is 0.766. The molecular weight excluding hydrogens is 341 g/mol. The first kappa shape index (κ1) is 17.9. The van der Waals surface area contributed by atoms with E-state index in [0.717, 1.165) is 11.4 Å².